The van der Waals surface area contributed by atoms with Crippen molar-refractivity contribution in [2.24, 2.45) is 0 Å². The van der Waals surface area contributed by atoms with Crippen molar-refractivity contribution in [3.05, 3.63) is 81.9 Å². The third-order valence-electron chi connectivity index (χ3n) is 4.45. The normalized spacial score (nSPS) is 14.0. The molecule has 7 heteroatoms. The average molecular weight is 385 g/mol. The van der Waals surface area contributed by atoms with Gasteiger partial charge in [-0.2, -0.15) is 0 Å². The third-order valence-corrected chi connectivity index (χ3v) is 5.45. The second-order valence-corrected chi connectivity index (χ2v) is 7.50. The molecule has 27 heavy (non-hydrogen) atoms. The van der Waals surface area contributed by atoms with Gasteiger partial charge in [0.15, 0.2) is 5.13 Å². The molecule has 0 fully saturated rings. The number of benzene rings is 2. The molecule has 1 aromatic heterocycles. The first-order chi connectivity index (χ1) is 13.1. The van der Waals surface area contributed by atoms with Crippen LogP contribution in [0.3, 0.4) is 0 Å². The van der Waals surface area contributed by atoms with Gasteiger partial charge in [-0.3, -0.25) is 15.0 Å². The Bertz CT molecular complexity index is 975. The number of fused-ring (bicyclic) bond motifs is 1. The van der Waals surface area contributed by atoms with Crippen molar-refractivity contribution in [3.8, 4) is 0 Å². The zero-order chi connectivity index (χ0) is 18.8. The minimum Gasteiger partial charge on any atom is -0.298 e. The fourth-order valence-electron chi connectivity index (χ4n) is 3.11. The zero-order valence-corrected chi connectivity index (χ0v) is 15.2. The number of carbonyl (C=O) groups is 1. The second kappa shape index (κ2) is 7.54. The minimum atomic E-state index is -0.760. The molecule has 3 aromatic rings. The number of rotatable bonds is 4. The number of hydrogen-bond donors (Lipinski definition) is 1. The molecule has 0 spiro atoms. The van der Waals surface area contributed by atoms with Gasteiger partial charge in [-0.1, -0.05) is 30.3 Å². The summed E-state index contributed by atoms with van der Waals surface area (Å²) in [5.74, 6) is -2.11. The van der Waals surface area contributed by atoms with Gasteiger partial charge in [0.2, 0.25) is 0 Å². The first-order valence-electron chi connectivity index (χ1n) is 8.60. The summed E-state index contributed by atoms with van der Waals surface area (Å²) in [6, 6.07) is 13.1. The number of hydrogen-bond acceptors (Lipinski definition) is 4. The lowest BCUT2D eigenvalue weighted by atomic mass is 10.1. The highest BCUT2D eigenvalue weighted by Crippen LogP contribution is 2.29. The number of anilines is 1. The lowest BCUT2D eigenvalue weighted by Crippen LogP contribution is -2.29. The van der Waals surface area contributed by atoms with Crippen LogP contribution in [0.1, 0.15) is 26.5 Å². The first kappa shape index (κ1) is 17.8. The molecule has 1 N–H and O–H groups in total. The number of nitrogens with zero attached hydrogens (tertiary/aromatic N) is 2. The van der Waals surface area contributed by atoms with Crippen LogP contribution in [-0.2, 0) is 19.5 Å². The van der Waals surface area contributed by atoms with E-state index in [-0.39, 0.29) is 5.56 Å². The molecule has 0 saturated carbocycles. The number of halogens is 2. The molecule has 138 valence electrons. The maximum atomic E-state index is 13.8. The number of thiazole rings is 1. The Hall–Kier alpha value is -2.64. The zero-order valence-electron chi connectivity index (χ0n) is 14.4. The smallest absolute Gasteiger partial charge is 0.260 e. The summed E-state index contributed by atoms with van der Waals surface area (Å²) in [4.78, 5) is 20.1. The van der Waals surface area contributed by atoms with Gasteiger partial charge in [-0.05, 0) is 23.8 Å². The minimum absolute atomic E-state index is 0.325. The molecule has 0 saturated heterocycles. The predicted molar refractivity (Wildman–Crippen MR) is 101 cm³/mol. The van der Waals surface area contributed by atoms with Gasteiger partial charge in [0.25, 0.3) is 5.91 Å². The maximum Gasteiger partial charge on any atom is 0.260 e. The van der Waals surface area contributed by atoms with Crippen LogP contribution in [0.4, 0.5) is 13.9 Å². The third kappa shape index (κ3) is 4.04. The Morgan fingerprint density at radius 3 is 2.81 bits per heavy atom. The molecular weight excluding hydrogens is 368 g/mol. The molecule has 1 aliphatic heterocycles. The van der Waals surface area contributed by atoms with Crippen molar-refractivity contribution in [3.63, 3.8) is 0 Å². The number of nitrogens with one attached hydrogen (secondary N) is 1. The highest BCUT2D eigenvalue weighted by atomic mass is 32.1. The van der Waals surface area contributed by atoms with E-state index in [2.05, 4.69) is 27.3 Å². The van der Waals surface area contributed by atoms with E-state index < -0.39 is 17.5 Å². The van der Waals surface area contributed by atoms with Crippen LogP contribution >= 0.6 is 11.3 Å². The summed E-state index contributed by atoms with van der Waals surface area (Å²) in [7, 11) is 0. The van der Waals surface area contributed by atoms with Crippen molar-refractivity contribution in [1.82, 2.24) is 9.88 Å². The van der Waals surface area contributed by atoms with Gasteiger partial charge in [-0.15, -0.1) is 11.3 Å². The summed E-state index contributed by atoms with van der Waals surface area (Å²) in [6.07, 6.45) is 0.795. The molecule has 4 nitrogen and oxygen atoms in total. The molecule has 1 aliphatic rings. The number of amides is 1. The van der Waals surface area contributed by atoms with E-state index in [4.69, 9.17) is 0 Å². The van der Waals surface area contributed by atoms with Gasteiger partial charge in [0, 0.05) is 30.9 Å². The monoisotopic (exact) mass is 385 g/mol. The van der Waals surface area contributed by atoms with Crippen LogP contribution in [0, 0.1) is 11.6 Å². The van der Waals surface area contributed by atoms with Crippen molar-refractivity contribution >= 4 is 22.4 Å². The van der Waals surface area contributed by atoms with Crippen LogP contribution in [0.15, 0.2) is 48.5 Å². The average Bonchev–Trinajstić information content (AvgIpc) is 3.06. The molecule has 0 atom stereocenters. The van der Waals surface area contributed by atoms with Gasteiger partial charge in [0.05, 0.1) is 11.3 Å². The molecule has 0 unspecified atom stereocenters. The SMILES string of the molecule is O=C(Nc1nc2c(s1)CN(Cc1ccccc1)CC2)c1cc(F)ccc1F. The molecule has 2 aromatic carbocycles. The predicted octanol–water partition coefficient (Wildman–Crippen LogP) is 4.23. The molecule has 2 heterocycles. The summed E-state index contributed by atoms with van der Waals surface area (Å²) in [5, 5.41) is 3.00. The molecule has 0 bridgehead atoms. The summed E-state index contributed by atoms with van der Waals surface area (Å²) in [6.45, 7) is 2.50. The van der Waals surface area contributed by atoms with E-state index in [1.807, 2.05) is 18.2 Å². The Morgan fingerprint density at radius 1 is 1.19 bits per heavy atom. The fraction of sp³-hybridized carbons (Fsp3) is 0.200. The fourth-order valence-corrected chi connectivity index (χ4v) is 4.16. The second-order valence-electron chi connectivity index (χ2n) is 6.41. The quantitative estimate of drug-likeness (QED) is 0.731. The first-order valence-corrected chi connectivity index (χ1v) is 9.41. The highest BCUT2D eigenvalue weighted by molar-refractivity contribution is 7.15. The lowest BCUT2D eigenvalue weighted by Gasteiger charge is -2.25. The summed E-state index contributed by atoms with van der Waals surface area (Å²) in [5.41, 5.74) is 1.88. The Morgan fingerprint density at radius 2 is 2.00 bits per heavy atom. The molecule has 4 rings (SSSR count). The van der Waals surface area contributed by atoms with Gasteiger partial charge in [0.1, 0.15) is 11.6 Å². The molecule has 0 radical (unpaired) electrons. The van der Waals surface area contributed by atoms with Crippen molar-refractivity contribution in [1.29, 1.82) is 0 Å². The van der Waals surface area contributed by atoms with Crippen LogP contribution < -0.4 is 5.32 Å². The van der Waals surface area contributed by atoms with E-state index in [1.165, 1.54) is 16.9 Å². The largest absolute Gasteiger partial charge is 0.298 e. The van der Waals surface area contributed by atoms with Crippen LogP contribution in [-0.4, -0.2) is 22.3 Å². The standard InChI is InChI=1S/C20H17F2N3OS/c21-14-6-7-16(22)15(10-14)19(26)24-20-23-17-8-9-25(12-18(17)27-20)11-13-4-2-1-3-5-13/h1-7,10H,8-9,11-12H2,(H,23,24,26). The Kier molecular flexibility index (Phi) is 4.96. The summed E-state index contributed by atoms with van der Waals surface area (Å²) >= 11 is 1.38. The van der Waals surface area contributed by atoms with Crippen LogP contribution in [0.5, 0.6) is 0 Å². The topological polar surface area (TPSA) is 45.2 Å². The van der Waals surface area contributed by atoms with E-state index in [9.17, 15) is 13.6 Å². The lowest BCUT2D eigenvalue weighted by molar-refractivity contribution is 0.102. The van der Waals surface area contributed by atoms with E-state index in [1.54, 1.807) is 0 Å². The highest BCUT2D eigenvalue weighted by Gasteiger charge is 2.22. The molecule has 1 amide bonds. The van der Waals surface area contributed by atoms with Crippen LogP contribution in [0.2, 0.25) is 0 Å². The number of carbonyl (C=O) groups excluding carboxylic acids is 1. The van der Waals surface area contributed by atoms with Crippen molar-refractivity contribution in [2.45, 2.75) is 19.5 Å². The van der Waals surface area contributed by atoms with E-state index in [0.717, 1.165) is 54.8 Å². The maximum absolute atomic E-state index is 13.8. The van der Waals surface area contributed by atoms with Crippen molar-refractivity contribution < 1.29 is 13.6 Å². The molecule has 0 aliphatic carbocycles. The van der Waals surface area contributed by atoms with Gasteiger partial charge >= 0.3 is 0 Å². The van der Waals surface area contributed by atoms with E-state index in [0.29, 0.717) is 5.13 Å². The van der Waals surface area contributed by atoms with Gasteiger partial charge < -0.3 is 0 Å². The van der Waals surface area contributed by atoms with Crippen molar-refractivity contribution in [2.75, 3.05) is 11.9 Å². The van der Waals surface area contributed by atoms with Gasteiger partial charge in [-0.25, -0.2) is 13.8 Å². The Balaban J connectivity index is 1.45. The Labute approximate surface area is 159 Å². The van der Waals surface area contributed by atoms with Crippen LogP contribution in [0.25, 0.3) is 0 Å². The number of aromatic nitrogens is 1. The summed E-state index contributed by atoms with van der Waals surface area (Å²) < 4.78 is 27.0. The van der Waals surface area contributed by atoms with E-state index >= 15 is 0 Å². The molecular formula is C20H17F2N3OS.